The van der Waals surface area contributed by atoms with E-state index >= 15 is 0 Å². The van der Waals surface area contributed by atoms with Gasteiger partial charge in [0.25, 0.3) is 0 Å². The number of nitrogens with zero attached hydrogens (tertiary/aromatic N) is 3. The van der Waals surface area contributed by atoms with Crippen molar-refractivity contribution in [3.8, 4) is 11.4 Å². The molecule has 100 valence electrons. The summed E-state index contributed by atoms with van der Waals surface area (Å²) in [6.07, 6.45) is 7.81. The van der Waals surface area contributed by atoms with Crippen LogP contribution in [0.5, 0.6) is 0 Å². The van der Waals surface area contributed by atoms with Crippen LogP contribution in [-0.4, -0.2) is 15.0 Å². The third-order valence-corrected chi connectivity index (χ3v) is 3.46. The van der Waals surface area contributed by atoms with Crippen molar-refractivity contribution in [2.45, 2.75) is 26.7 Å². The van der Waals surface area contributed by atoms with Gasteiger partial charge >= 0.3 is 0 Å². The highest BCUT2D eigenvalue weighted by Gasteiger charge is 2.08. The Morgan fingerprint density at radius 1 is 1.00 bits per heavy atom. The lowest BCUT2D eigenvalue weighted by Gasteiger charge is -2.07. The molecule has 0 bridgehead atoms. The Kier molecular flexibility index (Phi) is 3.42. The molecule has 0 fully saturated rings. The average Bonchev–Trinajstić information content (AvgIpc) is 2.49. The lowest BCUT2D eigenvalue weighted by atomic mass is 10.0. The quantitative estimate of drug-likeness (QED) is 0.718. The summed E-state index contributed by atoms with van der Waals surface area (Å²) in [5.74, 6) is 0.767. The molecule has 0 aliphatic carbocycles. The van der Waals surface area contributed by atoms with Crippen molar-refractivity contribution in [2.75, 3.05) is 0 Å². The Bertz CT molecular complexity index is 733. The van der Waals surface area contributed by atoms with Gasteiger partial charge in [-0.05, 0) is 30.5 Å². The van der Waals surface area contributed by atoms with Crippen molar-refractivity contribution >= 4 is 10.9 Å². The number of hydrogen-bond acceptors (Lipinski definition) is 3. The highest BCUT2D eigenvalue weighted by Crippen LogP contribution is 2.26. The SMILES string of the molecule is CCCc1cnc(-c2ccc(C)c3ncccc23)nc1. The van der Waals surface area contributed by atoms with E-state index in [0.29, 0.717) is 0 Å². The summed E-state index contributed by atoms with van der Waals surface area (Å²) in [4.78, 5) is 13.5. The minimum absolute atomic E-state index is 0.767. The highest BCUT2D eigenvalue weighted by molar-refractivity contribution is 5.94. The van der Waals surface area contributed by atoms with Gasteiger partial charge in [0.15, 0.2) is 5.82 Å². The van der Waals surface area contributed by atoms with E-state index in [1.54, 1.807) is 0 Å². The first-order chi connectivity index (χ1) is 9.79. The summed E-state index contributed by atoms with van der Waals surface area (Å²) in [6.45, 7) is 4.23. The molecule has 0 N–H and O–H groups in total. The molecule has 0 atom stereocenters. The maximum atomic E-state index is 4.51. The van der Waals surface area contributed by atoms with E-state index in [1.807, 2.05) is 24.7 Å². The van der Waals surface area contributed by atoms with Gasteiger partial charge in [-0.1, -0.05) is 31.5 Å². The van der Waals surface area contributed by atoms with E-state index in [0.717, 1.165) is 35.1 Å². The van der Waals surface area contributed by atoms with Crippen LogP contribution in [0.25, 0.3) is 22.3 Å². The summed E-state index contributed by atoms with van der Waals surface area (Å²) < 4.78 is 0. The van der Waals surface area contributed by atoms with Crippen LogP contribution in [0, 0.1) is 6.92 Å². The van der Waals surface area contributed by atoms with Crippen LogP contribution in [0.3, 0.4) is 0 Å². The van der Waals surface area contributed by atoms with Crippen LogP contribution >= 0.6 is 0 Å². The van der Waals surface area contributed by atoms with Gasteiger partial charge in [0, 0.05) is 29.5 Å². The Labute approximate surface area is 118 Å². The number of fused-ring (bicyclic) bond motifs is 1. The fourth-order valence-corrected chi connectivity index (χ4v) is 2.42. The summed E-state index contributed by atoms with van der Waals surface area (Å²) in [5, 5.41) is 1.11. The molecule has 3 aromatic rings. The topological polar surface area (TPSA) is 38.7 Å². The van der Waals surface area contributed by atoms with Crippen LogP contribution < -0.4 is 0 Å². The second-order valence-corrected chi connectivity index (χ2v) is 4.99. The molecule has 0 spiro atoms. The zero-order chi connectivity index (χ0) is 13.9. The van der Waals surface area contributed by atoms with Gasteiger partial charge < -0.3 is 0 Å². The normalized spacial score (nSPS) is 10.9. The van der Waals surface area contributed by atoms with Gasteiger partial charge in [-0.3, -0.25) is 4.98 Å². The molecule has 1 aromatic carbocycles. The monoisotopic (exact) mass is 263 g/mol. The van der Waals surface area contributed by atoms with E-state index < -0.39 is 0 Å². The molecule has 0 saturated heterocycles. The van der Waals surface area contributed by atoms with Crippen LogP contribution in [-0.2, 0) is 6.42 Å². The van der Waals surface area contributed by atoms with Crippen molar-refractivity contribution in [3.63, 3.8) is 0 Å². The van der Waals surface area contributed by atoms with Crippen molar-refractivity contribution in [1.82, 2.24) is 15.0 Å². The van der Waals surface area contributed by atoms with Gasteiger partial charge in [-0.25, -0.2) is 9.97 Å². The molecule has 0 radical (unpaired) electrons. The van der Waals surface area contributed by atoms with Gasteiger partial charge in [-0.2, -0.15) is 0 Å². The van der Waals surface area contributed by atoms with Crippen LogP contribution in [0.4, 0.5) is 0 Å². The fourth-order valence-electron chi connectivity index (χ4n) is 2.42. The summed E-state index contributed by atoms with van der Waals surface area (Å²) >= 11 is 0. The van der Waals surface area contributed by atoms with Crippen molar-refractivity contribution < 1.29 is 0 Å². The molecule has 2 heterocycles. The summed E-state index contributed by atoms with van der Waals surface area (Å²) in [5.41, 5.74) is 4.42. The maximum Gasteiger partial charge on any atom is 0.159 e. The molecule has 3 nitrogen and oxygen atoms in total. The largest absolute Gasteiger partial charge is 0.256 e. The first-order valence-electron chi connectivity index (χ1n) is 6.95. The lowest BCUT2D eigenvalue weighted by Crippen LogP contribution is -1.94. The zero-order valence-electron chi connectivity index (χ0n) is 11.8. The molecular weight excluding hydrogens is 246 g/mol. The van der Waals surface area contributed by atoms with Crippen LogP contribution in [0.2, 0.25) is 0 Å². The molecule has 0 unspecified atom stereocenters. The molecule has 0 aliphatic rings. The summed E-state index contributed by atoms with van der Waals surface area (Å²) in [6, 6.07) is 8.19. The molecule has 20 heavy (non-hydrogen) atoms. The number of benzene rings is 1. The first-order valence-corrected chi connectivity index (χ1v) is 6.95. The third-order valence-electron chi connectivity index (χ3n) is 3.46. The lowest BCUT2D eigenvalue weighted by molar-refractivity contribution is 0.902. The number of aryl methyl sites for hydroxylation is 2. The number of rotatable bonds is 3. The minimum atomic E-state index is 0.767. The van der Waals surface area contributed by atoms with Crippen molar-refractivity contribution in [1.29, 1.82) is 0 Å². The van der Waals surface area contributed by atoms with Gasteiger partial charge in [0.05, 0.1) is 5.52 Å². The standard InChI is InChI=1S/C17H17N3/c1-3-5-13-10-19-17(20-11-13)15-8-7-12(2)16-14(15)6-4-9-18-16/h4,6-11H,3,5H2,1-2H3. The molecule has 0 amide bonds. The highest BCUT2D eigenvalue weighted by atomic mass is 14.9. The molecule has 2 aromatic heterocycles. The number of pyridine rings is 1. The zero-order valence-corrected chi connectivity index (χ0v) is 11.8. The molecule has 3 rings (SSSR count). The molecule has 3 heteroatoms. The van der Waals surface area contributed by atoms with Gasteiger partial charge in [0.2, 0.25) is 0 Å². The molecule has 0 aliphatic heterocycles. The van der Waals surface area contributed by atoms with E-state index in [9.17, 15) is 0 Å². The second-order valence-electron chi connectivity index (χ2n) is 4.99. The van der Waals surface area contributed by atoms with Crippen LogP contribution in [0.15, 0.2) is 42.9 Å². The van der Waals surface area contributed by atoms with E-state index in [-0.39, 0.29) is 0 Å². The Morgan fingerprint density at radius 2 is 1.80 bits per heavy atom. The number of hydrogen-bond donors (Lipinski definition) is 0. The van der Waals surface area contributed by atoms with Crippen LogP contribution in [0.1, 0.15) is 24.5 Å². The minimum Gasteiger partial charge on any atom is -0.256 e. The average molecular weight is 263 g/mol. The number of aromatic nitrogens is 3. The maximum absolute atomic E-state index is 4.51. The predicted octanol–water partition coefficient (Wildman–Crippen LogP) is 3.95. The van der Waals surface area contributed by atoms with E-state index in [4.69, 9.17) is 0 Å². The Morgan fingerprint density at radius 3 is 2.55 bits per heavy atom. The molecular formula is C17H17N3. The fraction of sp³-hybridized carbons (Fsp3) is 0.235. The third kappa shape index (κ3) is 2.27. The van der Waals surface area contributed by atoms with Crippen molar-refractivity contribution in [3.05, 3.63) is 54.0 Å². The van der Waals surface area contributed by atoms with Gasteiger partial charge in [0.1, 0.15) is 0 Å². The smallest absolute Gasteiger partial charge is 0.159 e. The van der Waals surface area contributed by atoms with Crippen molar-refractivity contribution in [2.24, 2.45) is 0 Å². The molecule has 0 saturated carbocycles. The first kappa shape index (κ1) is 12.7. The second kappa shape index (κ2) is 5.37. The predicted molar refractivity (Wildman–Crippen MR) is 81.5 cm³/mol. The Balaban J connectivity index is 2.12. The Hall–Kier alpha value is -2.29. The van der Waals surface area contributed by atoms with Gasteiger partial charge in [-0.15, -0.1) is 0 Å². The van der Waals surface area contributed by atoms with E-state index in [2.05, 4.69) is 47.0 Å². The summed E-state index contributed by atoms with van der Waals surface area (Å²) in [7, 11) is 0. The van der Waals surface area contributed by atoms with E-state index in [1.165, 1.54) is 11.1 Å².